The minimum Gasteiger partial charge on any atom is -0.285 e. The molecule has 0 aliphatic rings. The molecule has 0 aliphatic carbocycles. The summed E-state index contributed by atoms with van der Waals surface area (Å²) in [6.45, 7) is 1.86. The molecule has 0 aromatic heterocycles. The van der Waals surface area contributed by atoms with Crippen LogP contribution in [0.2, 0.25) is 0 Å². The van der Waals surface area contributed by atoms with Crippen LogP contribution >= 0.6 is 0 Å². The van der Waals surface area contributed by atoms with Crippen molar-refractivity contribution in [3.63, 3.8) is 0 Å². The molecule has 0 fully saturated rings. The fourth-order valence-electron chi connectivity index (χ4n) is 3.85. The zero-order valence-corrected chi connectivity index (χ0v) is 20.0. The normalized spacial score (nSPS) is 12.3. The van der Waals surface area contributed by atoms with Gasteiger partial charge in [0.1, 0.15) is 12.1 Å². The summed E-state index contributed by atoms with van der Waals surface area (Å²) < 4.78 is 28.9. The molecule has 4 aromatic carbocycles. The summed E-state index contributed by atoms with van der Waals surface area (Å²) in [6.07, 6.45) is 0. The molecule has 0 saturated heterocycles. The summed E-state index contributed by atoms with van der Waals surface area (Å²) in [7, 11) is -4.07. The first kappa shape index (κ1) is 24.3. The van der Waals surface area contributed by atoms with E-state index in [1.54, 1.807) is 42.5 Å². The van der Waals surface area contributed by atoms with Crippen LogP contribution in [-0.4, -0.2) is 24.6 Å². The standard InChI is InChI=1S/C28H26N2O4S/c1-21-17-19-25(20-18-21)35(33,34)29-26(22-11-5-2-6-12-22)28(31)30(32)27(23-13-7-3-8-14-23)24-15-9-4-10-16-24/h2-20,26-27,29,32H,1H3/t26-/m1/s1. The molecule has 178 valence electrons. The van der Waals surface area contributed by atoms with Crippen molar-refractivity contribution in [1.82, 2.24) is 9.79 Å². The molecule has 6 nitrogen and oxygen atoms in total. The molecular formula is C28H26N2O4S. The predicted octanol–water partition coefficient (Wildman–Crippen LogP) is 5.02. The highest BCUT2D eigenvalue weighted by atomic mass is 32.2. The molecule has 4 rings (SSSR count). The zero-order chi connectivity index (χ0) is 24.8. The molecule has 1 atom stereocenters. The van der Waals surface area contributed by atoms with Crippen molar-refractivity contribution in [1.29, 1.82) is 0 Å². The molecule has 35 heavy (non-hydrogen) atoms. The average Bonchev–Trinajstić information content (AvgIpc) is 2.89. The second kappa shape index (κ2) is 10.7. The maximum atomic E-state index is 13.7. The van der Waals surface area contributed by atoms with Crippen LogP contribution in [0, 0.1) is 6.92 Å². The van der Waals surface area contributed by atoms with E-state index in [4.69, 9.17) is 0 Å². The minimum absolute atomic E-state index is 0.0315. The molecule has 0 aliphatic heterocycles. The summed E-state index contributed by atoms with van der Waals surface area (Å²) >= 11 is 0. The Morgan fingerprint density at radius 3 is 1.60 bits per heavy atom. The molecule has 4 aromatic rings. The maximum absolute atomic E-state index is 13.7. The number of sulfonamides is 1. The van der Waals surface area contributed by atoms with Crippen molar-refractivity contribution < 1.29 is 18.4 Å². The van der Waals surface area contributed by atoms with Gasteiger partial charge in [0.25, 0.3) is 5.91 Å². The quantitative estimate of drug-likeness (QED) is 0.270. The number of rotatable bonds is 8. The molecule has 0 heterocycles. The van der Waals surface area contributed by atoms with E-state index in [0.29, 0.717) is 21.8 Å². The number of carbonyl (C=O) groups excluding carboxylic acids is 1. The summed E-state index contributed by atoms with van der Waals surface area (Å²) in [5.41, 5.74) is 2.69. The second-order valence-electron chi connectivity index (χ2n) is 8.18. The van der Waals surface area contributed by atoms with Gasteiger partial charge in [0.05, 0.1) is 4.90 Å². The van der Waals surface area contributed by atoms with Crippen LogP contribution < -0.4 is 4.72 Å². The lowest BCUT2D eigenvalue weighted by molar-refractivity contribution is -0.175. The SMILES string of the molecule is Cc1ccc(S(=O)(=O)N[C@@H](C(=O)N(O)C(c2ccccc2)c2ccccc2)c2ccccc2)cc1. The highest BCUT2D eigenvalue weighted by Crippen LogP contribution is 2.30. The predicted molar refractivity (Wildman–Crippen MR) is 134 cm³/mol. The Morgan fingerprint density at radius 2 is 1.14 bits per heavy atom. The van der Waals surface area contributed by atoms with Crippen molar-refractivity contribution in [3.05, 3.63) is 138 Å². The van der Waals surface area contributed by atoms with Gasteiger partial charge in [0, 0.05) is 0 Å². The van der Waals surface area contributed by atoms with Crippen LogP contribution in [0.5, 0.6) is 0 Å². The number of amides is 1. The van der Waals surface area contributed by atoms with Crippen molar-refractivity contribution in [2.75, 3.05) is 0 Å². The summed E-state index contributed by atoms with van der Waals surface area (Å²) in [5, 5.41) is 11.9. The van der Waals surface area contributed by atoms with Gasteiger partial charge in [-0.05, 0) is 35.7 Å². The van der Waals surface area contributed by atoms with Crippen molar-refractivity contribution >= 4 is 15.9 Å². The van der Waals surface area contributed by atoms with Gasteiger partial charge in [-0.15, -0.1) is 0 Å². The van der Waals surface area contributed by atoms with E-state index in [9.17, 15) is 18.4 Å². The van der Waals surface area contributed by atoms with Crippen LogP contribution in [0.15, 0.2) is 120 Å². The van der Waals surface area contributed by atoms with Crippen molar-refractivity contribution in [2.24, 2.45) is 0 Å². The Kier molecular flexibility index (Phi) is 7.41. The van der Waals surface area contributed by atoms with Gasteiger partial charge in [-0.1, -0.05) is 109 Å². The monoisotopic (exact) mass is 486 g/mol. The molecule has 0 saturated carbocycles. The third kappa shape index (κ3) is 5.66. The van der Waals surface area contributed by atoms with E-state index in [2.05, 4.69) is 4.72 Å². The Labute approximate surface area is 205 Å². The van der Waals surface area contributed by atoms with Crippen LogP contribution in [0.25, 0.3) is 0 Å². The first-order valence-corrected chi connectivity index (χ1v) is 12.6. The molecule has 0 bridgehead atoms. The van der Waals surface area contributed by atoms with Crippen LogP contribution in [0.4, 0.5) is 0 Å². The third-order valence-corrected chi connectivity index (χ3v) is 7.12. The zero-order valence-electron chi connectivity index (χ0n) is 19.2. The number of benzene rings is 4. The molecular weight excluding hydrogens is 460 g/mol. The lowest BCUT2D eigenvalue weighted by Crippen LogP contribution is -2.43. The van der Waals surface area contributed by atoms with E-state index in [1.165, 1.54) is 12.1 Å². The lowest BCUT2D eigenvalue weighted by Gasteiger charge is -2.30. The Balaban J connectivity index is 1.74. The molecule has 0 spiro atoms. The van der Waals surface area contributed by atoms with Gasteiger partial charge in [0.2, 0.25) is 10.0 Å². The highest BCUT2D eigenvalue weighted by molar-refractivity contribution is 7.89. The van der Waals surface area contributed by atoms with E-state index >= 15 is 0 Å². The highest BCUT2D eigenvalue weighted by Gasteiger charge is 2.34. The summed E-state index contributed by atoms with van der Waals surface area (Å²) in [5.74, 6) is -0.801. The van der Waals surface area contributed by atoms with Crippen LogP contribution in [0.1, 0.15) is 34.3 Å². The third-order valence-electron chi connectivity index (χ3n) is 5.69. The summed E-state index contributed by atoms with van der Waals surface area (Å²) in [4.78, 5) is 13.8. The maximum Gasteiger partial charge on any atom is 0.269 e. The number of carbonyl (C=O) groups is 1. The number of hydroxylamine groups is 2. The van der Waals surface area contributed by atoms with Gasteiger partial charge in [0.15, 0.2) is 0 Å². The number of hydrogen-bond donors (Lipinski definition) is 2. The topological polar surface area (TPSA) is 86.7 Å². The smallest absolute Gasteiger partial charge is 0.269 e. The fraction of sp³-hybridized carbons (Fsp3) is 0.107. The first-order valence-electron chi connectivity index (χ1n) is 11.1. The molecule has 1 amide bonds. The molecule has 0 unspecified atom stereocenters. The van der Waals surface area contributed by atoms with Gasteiger partial charge in [-0.3, -0.25) is 10.0 Å². The molecule has 2 N–H and O–H groups in total. The van der Waals surface area contributed by atoms with Crippen molar-refractivity contribution in [3.8, 4) is 0 Å². The van der Waals surface area contributed by atoms with Crippen LogP contribution in [0.3, 0.4) is 0 Å². The fourth-order valence-corrected chi connectivity index (χ4v) is 5.03. The van der Waals surface area contributed by atoms with Gasteiger partial charge in [-0.25, -0.2) is 13.5 Å². The Bertz CT molecular complexity index is 1320. The largest absolute Gasteiger partial charge is 0.285 e. The minimum atomic E-state index is -4.07. The number of nitrogens with zero attached hydrogens (tertiary/aromatic N) is 1. The second-order valence-corrected chi connectivity index (χ2v) is 9.90. The van der Waals surface area contributed by atoms with Gasteiger partial charge in [-0.2, -0.15) is 4.72 Å². The average molecular weight is 487 g/mol. The molecule has 0 radical (unpaired) electrons. The summed E-state index contributed by atoms with van der Waals surface area (Å²) in [6, 6.07) is 30.8. The van der Waals surface area contributed by atoms with E-state index < -0.39 is 28.0 Å². The van der Waals surface area contributed by atoms with Crippen molar-refractivity contribution in [2.45, 2.75) is 23.9 Å². The van der Waals surface area contributed by atoms with Gasteiger partial charge < -0.3 is 0 Å². The van der Waals surface area contributed by atoms with E-state index in [1.807, 2.05) is 67.6 Å². The lowest BCUT2D eigenvalue weighted by atomic mass is 9.97. The Morgan fingerprint density at radius 1 is 0.714 bits per heavy atom. The number of nitrogens with one attached hydrogen (secondary N) is 1. The van der Waals surface area contributed by atoms with Gasteiger partial charge >= 0.3 is 0 Å². The van der Waals surface area contributed by atoms with E-state index in [-0.39, 0.29) is 4.90 Å². The number of hydrogen-bond acceptors (Lipinski definition) is 4. The van der Waals surface area contributed by atoms with Crippen LogP contribution in [-0.2, 0) is 14.8 Å². The Hall–Kier alpha value is -3.78. The first-order chi connectivity index (χ1) is 16.9. The number of aryl methyl sites for hydroxylation is 1. The molecule has 7 heteroatoms. The van der Waals surface area contributed by atoms with E-state index in [0.717, 1.165) is 5.56 Å².